The first-order valence-electron chi connectivity index (χ1n) is 5.00. The molecule has 0 bridgehead atoms. The van der Waals surface area contributed by atoms with Gasteiger partial charge in [-0.3, -0.25) is 16.3 Å². The average molecular weight is 316 g/mol. The molecular weight excluding hydrogens is 305 g/mol. The second-order valence-electron chi connectivity index (χ2n) is 3.53. The molecule has 0 fully saturated rings. The van der Waals surface area contributed by atoms with Crippen LogP contribution >= 0.6 is 27.3 Å². The van der Waals surface area contributed by atoms with Crippen LogP contribution in [0.25, 0.3) is 0 Å². The van der Waals surface area contributed by atoms with Crippen LogP contribution in [0.1, 0.15) is 16.6 Å². The van der Waals surface area contributed by atoms with Gasteiger partial charge in [-0.25, -0.2) is 4.39 Å². The third kappa shape index (κ3) is 3.10. The fourth-order valence-corrected chi connectivity index (χ4v) is 3.05. The molecule has 3 N–H and O–H groups in total. The minimum atomic E-state index is -0.342. The Morgan fingerprint density at radius 2 is 2.41 bits per heavy atom. The Hall–Kier alpha value is -0.820. The highest BCUT2D eigenvalue weighted by Gasteiger charge is 2.16. The van der Waals surface area contributed by atoms with Crippen LogP contribution in [0.15, 0.2) is 34.2 Å². The summed E-state index contributed by atoms with van der Waals surface area (Å²) in [5, 5.41) is 1.98. The van der Waals surface area contributed by atoms with Crippen LogP contribution in [-0.2, 0) is 6.42 Å². The molecule has 90 valence electrons. The number of halogens is 2. The molecule has 2 heterocycles. The molecule has 2 rings (SSSR count). The van der Waals surface area contributed by atoms with Gasteiger partial charge in [0.15, 0.2) is 0 Å². The van der Waals surface area contributed by atoms with Crippen molar-refractivity contribution in [1.29, 1.82) is 0 Å². The van der Waals surface area contributed by atoms with Crippen LogP contribution in [0.5, 0.6) is 0 Å². The number of nitrogens with one attached hydrogen (secondary N) is 1. The van der Waals surface area contributed by atoms with Gasteiger partial charge in [0.25, 0.3) is 0 Å². The number of hydrazine groups is 1. The van der Waals surface area contributed by atoms with Crippen molar-refractivity contribution in [2.45, 2.75) is 12.5 Å². The first-order valence-corrected chi connectivity index (χ1v) is 6.67. The maximum Gasteiger partial charge on any atom is 0.146 e. The van der Waals surface area contributed by atoms with Gasteiger partial charge in [0.1, 0.15) is 5.82 Å². The topological polar surface area (TPSA) is 50.9 Å². The van der Waals surface area contributed by atoms with Crippen LogP contribution in [0.4, 0.5) is 4.39 Å². The van der Waals surface area contributed by atoms with Crippen molar-refractivity contribution in [3.8, 4) is 0 Å². The molecule has 0 amide bonds. The number of pyridine rings is 1. The molecule has 0 aliphatic heterocycles. The van der Waals surface area contributed by atoms with Gasteiger partial charge >= 0.3 is 0 Å². The van der Waals surface area contributed by atoms with E-state index in [1.54, 1.807) is 23.6 Å². The number of thiophene rings is 1. The molecule has 0 spiro atoms. The van der Waals surface area contributed by atoms with Crippen LogP contribution in [-0.4, -0.2) is 4.98 Å². The van der Waals surface area contributed by atoms with Crippen molar-refractivity contribution in [1.82, 2.24) is 10.4 Å². The monoisotopic (exact) mass is 315 g/mol. The smallest absolute Gasteiger partial charge is 0.146 e. The Morgan fingerprint density at radius 3 is 3.00 bits per heavy atom. The Balaban J connectivity index is 2.20. The van der Waals surface area contributed by atoms with Crippen molar-refractivity contribution in [3.63, 3.8) is 0 Å². The number of rotatable bonds is 4. The van der Waals surface area contributed by atoms with Gasteiger partial charge in [-0.05, 0) is 34.1 Å². The maximum absolute atomic E-state index is 13.6. The van der Waals surface area contributed by atoms with E-state index < -0.39 is 0 Å². The molecule has 0 saturated heterocycles. The normalized spacial score (nSPS) is 12.6. The molecule has 0 saturated carbocycles. The fraction of sp³-hybridized carbons (Fsp3) is 0.182. The Bertz CT molecular complexity index is 503. The second-order valence-corrected chi connectivity index (χ2v) is 5.44. The summed E-state index contributed by atoms with van der Waals surface area (Å²) in [6.07, 6.45) is 2.17. The molecule has 2 aromatic rings. The van der Waals surface area contributed by atoms with E-state index in [1.165, 1.54) is 6.07 Å². The van der Waals surface area contributed by atoms with Gasteiger partial charge in [-0.15, -0.1) is 11.3 Å². The molecule has 0 radical (unpaired) electrons. The highest BCUT2D eigenvalue weighted by molar-refractivity contribution is 9.10. The van der Waals surface area contributed by atoms with Crippen LogP contribution < -0.4 is 11.3 Å². The SMILES string of the molecule is NNC(Cc1cc(Br)cs1)c1ncccc1F. The third-order valence-corrected chi connectivity index (χ3v) is 4.07. The summed E-state index contributed by atoms with van der Waals surface area (Å²) in [6.45, 7) is 0. The summed E-state index contributed by atoms with van der Waals surface area (Å²) >= 11 is 4.98. The fourth-order valence-electron chi connectivity index (χ4n) is 1.55. The molecule has 0 aliphatic carbocycles. The first kappa shape index (κ1) is 12.6. The van der Waals surface area contributed by atoms with Gasteiger partial charge in [0.05, 0.1) is 11.7 Å². The van der Waals surface area contributed by atoms with Gasteiger partial charge < -0.3 is 0 Å². The molecular formula is C11H11BrFN3S. The van der Waals surface area contributed by atoms with Crippen molar-refractivity contribution < 1.29 is 4.39 Å². The predicted octanol–water partition coefficient (Wildman–Crippen LogP) is 2.79. The van der Waals surface area contributed by atoms with Crippen molar-refractivity contribution >= 4 is 27.3 Å². The number of nitrogens with two attached hydrogens (primary N) is 1. The lowest BCUT2D eigenvalue weighted by Gasteiger charge is -2.14. The Kier molecular flexibility index (Phi) is 4.22. The zero-order valence-electron chi connectivity index (χ0n) is 8.86. The zero-order valence-corrected chi connectivity index (χ0v) is 11.3. The van der Waals surface area contributed by atoms with Crippen LogP contribution in [0, 0.1) is 5.82 Å². The quantitative estimate of drug-likeness (QED) is 0.674. The number of hydrogen-bond donors (Lipinski definition) is 2. The van der Waals surface area contributed by atoms with E-state index in [0.717, 1.165) is 9.35 Å². The molecule has 6 heteroatoms. The van der Waals surface area contributed by atoms with Crippen LogP contribution in [0.3, 0.4) is 0 Å². The lowest BCUT2D eigenvalue weighted by atomic mass is 10.1. The van der Waals surface area contributed by atoms with E-state index in [2.05, 4.69) is 26.3 Å². The molecule has 0 aliphatic rings. The number of aromatic nitrogens is 1. The lowest BCUT2D eigenvalue weighted by Crippen LogP contribution is -2.30. The van der Waals surface area contributed by atoms with E-state index in [0.29, 0.717) is 12.1 Å². The summed E-state index contributed by atoms with van der Waals surface area (Å²) in [6, 6.07) is 4.63. The van der Waals surface area contributed by atoms with E-state index in [1.807, 2.05) is 11.4 Å². The van der Waals surface area contributed by atoms with E-state index in [9.17, 15) is 4.39 Å². The van der Waals surface area contributed by atoms with E-state index >= 15 is 0 Å². The molecule has 0 aromatic carbocycles. The van der Waals surface area contributed by atoms with Gasteiger partial charge in [0, 0.05) is 27.3 Å². The van der Waals surface area contributed by atoms with E-state index in [4.69, 9.17) is 5.84 Å². The van der Waals surface area contributed by atoms with Crippen molar-refractivity contribution in [2.24, 2.45) is 5.84 Å². The minimum absolute atomic E-state index is 0.318. The van der Waals surface area contributed by atoms with Crippen molar-refractivity contribution in [2.75, 3.05) is 0 Å². The second kappa shape index (κ2) is 5.68. The standard InChI is InChI=1S/C11H11BrFN3S/c12-7-4-8(17-6-7)5-10(16-14)11-9(13)2-1-3-15-11/h1-4,6,10,16H,5,14H2. The molecule has 2 aromatic heterocycles. The predicted molar refractivity (Wildman–Crippen MR) is 70.0 cm³/mol. The molecule has 3 nitrogen and oxygen atoms in total. The molecule has 17 heavy (non-hydrogen) atoms. The van der Waals surface area contributed by atoms with Gasteiger partial charge in [-0.1, -0.05) is 0 Å². The number of nitrogens with zero attached hydrogens (tertiary/aromatic N) is 1. The highest BCUT2D eigenvalue weighted by Crippen LogP contribution is 2.25. The lowest BCUT2D eigenvalue weighted by molar-refractivity contribution is 0.497. The van der Waals surface area contributed by atoms with Gasteiger partial charge in [-0.2, -0.15) is 0 Å². The zero-order chi connectivity index (χ0) is 12.3. The number of hydrogen-bond acceptors (Lipinski definition) is 4. The summed E-state index contributed by atoms with van der Waals surface area (Å²) < 4.78 is 14.6. The first-order chi connectivity index (χ1) is 8.20. The molecule has 1 atom stereocenters. The highest BCUT2D eigenvalue weighted by atomic mass is 79.9. The summed E-state index contributed by atoms with van der Waals surface area (Å²) in [7, 11) is 0. The Morgan fingerprint density at radius 1 is 1.59 bits per heavy atom. The Labute approximate surface area is 111 Å². The summed E-state index contributed by atoms with van der Waals surface area (Å²) in [4.78, 5) is 5.14. The summed E-state index contributed by atoms with van der Waals surface area (Å²) in [5.74, 6) is 5.12. The van der Waals surface area contributed by atoms with E-state index in [-0.39, 0.29) is 11.9 Å². The summed E-state index contributed by atoms with van der Waals surface area (Å²) in [5.41, 5.74) is 2.95. The van der Waals surface area contributed by atoms with Crippen LogP contribution in [0.2, 0.25) is 0 Å². The largest absolute Gasteiger partial charge is 0.271 e. The minimum Gasteiger partial charge on any atom is -0.271 e. The maximum atomic E-state index is 13.6. The third-order valence-electron chi connectivity index (χ3n) is 2.35. The van der Waals surface area contributed by atoms with Gasteiger partial charge in [0.2, 0.25) is 0 Å². The molecule has 1 unspecified atom stereocenters. The van der Waals surface area contributed by atoms with Crippen molar-refractivity contribution in [3.05, 3.63) is 50.6 Å². The average Bonchev–Trinajstić information content (AvgIpc) is 2.73.